The average Bonchev–Trinajstić information content (AvgIpc) is 4.02. The number of hydrogen-bond acceptors (Lipinski definition) is 0. The van der Waals surface area contributed by atoms with E-state index in [-0.39, 0.29) is 0 Å². The molecule has 326 valence electrons. The summed E-state index contributed by atoms with van der Waals surface area (Å²) in [6.07, 6.45) is 4.76. The average molecular weight is 889 g/mol. The first-order valence-electron chi connectivity index (χ1n) is 24.2. The zero-order valence-corrected chi connectivity index (χ0v) is 38.3. The molecule has 2 heterocycles. The Hall–Kier alpha value is -9.24. The molecule has 0 aliphatic carbocycles. The zero-order valence-electron chi connectivity index (χ0n) is 38.3. The highest BCUT2D eigenvalue weighted by Crippen LogP contribution is 2.52. The maximum Gasteiger partial charge on any atom is 0.0534 e. The van der Waals surface area contributed by atoms with E-state index in [1.54, 1.807) is 0 Å². The summed E-state index contributed by atoms with van der Waals surface area (Å²) in [7, 11) is 0. The van der Waals surface area contributed by atoms with E-state index in [1.165, 1.54) is 121 Å². The number of hydrogen-bond donors (Lipinski definition) is 0. The van der Waals surface area contributed by atoms with Crippen molar-refractivity contribution >= 4 is 64.9 Å². The third-order valence-corrected chi connectivity index (χ3v) is 14.5. The van der Waals surface area contributed by atoms with Crippen LogP contribution in [0.25, 0.3) is 132 Å². The lowest BCUT2D eigenvalue weighted by molar-refractivity contribution is 1.13. The van der Waals surface area contributed by atoms with E-state index in [0.29, 0.717) is 0 Å². The van der Waals surface area contributed by atoms with Crippen LogP contribution >= 0.6 is 0 Å². The molecule has 0 spiro atoms. The number of aromatic nitrogens is 2. The second kappa shape index (κ2) is 16.2. The summed E-state index contributed by atoms with van der Waals surface area (Å²) in [6.45, 7) is 0. The Balaban J connectivity index is 1.19. The van der Waals surface area contributed by atoms with Crippen molar-refractivity contribution in [3.63, 3.8) is 0 Å². The SMILES string of the molecule is c1ccc(-c2cccc(-c3c(-c4ccccc4)c4cc5c(-c6cn(-c7ccccc7)c7ccccc67)c6ccccc6c(-c6cn(-c7ccccc7)c7ccccc67)c5cc4c4ccccc34)c2)cc1. The molecule has 2 aromatic heterocycles. The quantitative estimate of drug-likeness (QED) is 0.111. The second-order valence-corrected chi connectivity index (χ2v) is 18.4. The molecule has 0 radical (unpaired) electrons. The minimum Gasteiger partial charge on any atom is -0.316 e. The largest absolute Gasteiger partial charge is 0.316 e. The lowest BCUT2D eigenvalue weighted by Gasteiger charge is -2.22. The summed E-state index contributed by atoms with van der Waals surface area (Å²) in [5.74, 6) is 0. The first kappa shape index (κ1) is 39.9. The van der Waals surface area contributed by atoms with Crippen LogP contribution in [0.1, 0.15) is 0 Å². The summed E-state index contributed by atoms with van der Waals surface area (Å²) in [6, 6.07) is 93.5. The van der Waals surface area contributed by atoms with E-state index < -0.39 is 0 Å². The molecule has 0 aliphatic rings. The number of fused-ring (bicyclic) bond motifs is 7. The van der Waals surface area contributed by atoms with Crippen molar-refractivity contribution < 1.29 is 0 Å². The van der Waals surface area contributed by atoms with Gasteiger partial charge in [-0.25, -0.2) is 0 Å². The molecule has 12 aromatic carbocycles. The number of rotatable bonds is 7. The Labute approximate surface area is 406 Å². The third kappa shape index (κ3) is 6.27. The smallest absolute Gasteiger partial charge is 0.0534 e. The van der Waals surface area contributed by atoms with Gasteiger partial charge in [-0.05, 0) is 142 Å². The topological polar surface area (TPSA) is 9.86 Å². The number of benzene rings is 12. The van der Waals surface area contributed by atoms with Gasteiger partial charge in [-0.2, -0.15) is 0 Å². The van der Waals surface area contributed by atoms with Gasteiger partial charge in [0.05, 0.1) is 11.0 Å². The van der Waals surface area contributed by atoms with Gasteiger partial charge in [0.2, 0.25) is 0 Å². The van der Waals surface area contributed by atoms with Gasteiger partial charge in [0.25, 0.3) is 0 Å². The maximum atomic E-state index is 2.56. The van der Waals surface area contributed by atoms with Crippen molar-refractivity contribution in [2.75, 3.05) is 0 Å². The molecule has 0 saturated carbocycles. The minimum atomic E-state index is 1.13. The zero-order chi connectivity index (χ0) is 46.1. The highest BCUT2D eigenvalue weighted by Gasteiger charge is 2.26. The Morgan fingerprint density at radius 3 is 1.09 bits per heavy atom. The van der Waals surface area contributed by atoms with Crippen molar-refractivity contribution in [1.82, 2.24) is 9.13 Å². The molecule has 0 fully saturated rings. The van der Waals surface area contributed by atoms with Gasteiger partial charge >= 0.3 is 0 Å². The van der Waals surface area contributed by atoms with Gasteiger partial charge in [0.15, 0.2) is 0 Å². The van der Waals surface area contributed by atoms with Crippen LogP contribution in [-0.2, 0) is 0 Å². The molecule has 0 saturated heterocycles. The van der Waals surface area contributed by atoms with Gasteiger partial charge < -0.3 is 9.13 Å². The summed E-state index contributed by atoms with van der Waals surface area (Å²) < 4.78 is 4.74. The Bertz CT molecular complexity index is 4320. The van der Waals surface area contributed by atoms with Gasteiger partial charge in [0.1, 0.15) is 0 Å². The summed E-state index contributed by atoms with van der Waals surface area (Å²) in [4.78, 5) is 0. The van der Waals surface area contributed by atoms with Crippen LogP contribution in [0.15, 0.2) is 267 Å². The molecule has 0 bridgehead atoms. The van der Waals surface area contributed by atoms with Crippen molar-refractivity contribution in [1.29, 1.82) is 0 Å². The van der Waals surface area contributed by atoms with Crippen LogP contribution in [0.2, 0.25) is 0 Å². The lowest BCUT2D eigenvalue weighted by atomic mass is 9.80. The second-order valence-electron chi connectivity index (χ2n) is 18.4. The van der Waals surface area contributed by atoms with Gasteiger partial charge in [0, 0.05) is 45.7 Å². The van der Waals surface area contributed by atoms with E-state index in [2.05, 4.69) is 276 Å². The molecule has 0 N–H and O–H groups in total. The standard InChI is InChI=1S/C68H44N2/c1-5-22-45(23-6-1)47-26-21-27-48(40-47)66-54-35-14-13-32-51(54)57-41-59-60(42-58(57)65(66)46-24-7-2-8-25-46)68(62-44-70(50-30-11-4-12-31-50)64-39-20-18-34-53(62)64)56-37-16-15-36-55(56)67(59)61-43-69(49-28-9-3-10-29-49)63-38-19-17-33-52(61)63/h1-44H. The first-order valence-corrected chi connectivity index (χ1v) is 24.2. The summed E-state index contributed by atoms with van der Waals surface area (Å²) in [5.41, 5.74) is 16.7. The molecular formula is C68H44N2. The van der Waals surface area contributed by atoms with Gasteiger partial charge in [-0.3, -0.25) is 0 Å². The van der Waals surface area contributed by atoms with E-state index in [4.69, 9.17) is 0 Å². The van der Waals surface area contributed by atoms with E-state index in [9.17, 15) is 0 Å². The first-order chi connectivity index (χ1) is 34.8. The fourth-order valence-electron chi connectivity index (χ4n) is 11.5. The van der Waals surface area contributed by atoms with Crippen molar-refractivity contribution in [3.8, 4) is 67.0 Å². The fraction of sp³-hybridized carbons (Fsp3) is 0. The normalized spacial score (nSPS) is 11.7. The molecule has 0 amide bonds. The Morgan fingerprint density at radius 1 is 0.200 bits per heavy atom. The van der Waals surface area contributed by atoms with Crippen molar-refractivity contribution in [3.05, 3.63) is 267 Å². The molecular weight excluding hydrogens is 845 g/mol. The molecule has 0 atom stereocenters. The summed E-state index contributed by atoms with van der Waals surface area (Å²) in [5, 5.41) is 12.2. The molecule has 0 unspecified atom stereocenters. The maximum absolute atomic E-state index is 2.56. The van der Waals surface area contributed by atoms with Crippen LogP contribution < -0.4 is 0 Å². The Kier molecular flexibility index (Phi) is 9.25. The third-order valence-electron chi connectivity index (χ3n) is 14.5. The predicted octanol–water partition coefficient (Wildman–Crippen LogP) is 18.5. The van der Waals surface area contributed by atoms with Crippen LogP contribution in [-0.4, -0.2) is 9.13 Å². The van der Waals surface area contributed by atoms with Crippen LogP contribution in [0.5, 0.6) is 0 Å². The van der Waals surface area contributed by atoms with Crippen LogP contribution in [0.4, 0.5) is 0 Å². The Morgan fingerprint density at radius 2 is 0.557 bits per heavy atom. The minimum absolute atomic E-state index is 1.13. The lowest BCUT2D eigenvalue weighted by Crippen LogP contribution is -1.95. The number of nitrogens with zero attached hydrogens (tertiary/aromatic N) is 2. The van der Waals surface area contributed by atoms with E-state index >= 15 is 0 Å². The highest BCUT2D eigenvalue weighted by molar-refractivity contribution is 6.31. The molecule has 0 aliphatic heterocycles. The molecule has 2 nitrogen and oxygen atoms in total. The van der Waals surface area contributed by atoms with E-state index in [0.717, 1.165) is 11.4 Å². The van der Waals surface area contributed by atoms with Gasteiger partial charge in [-0.1, -0.05) is 200 Å². The monoisotopic (exact) mass is 888 g/mol. The molecule has 14 aromatic rings. The highest BCUT2D eigenvalue weighted by atomic mass is 15.0. The van der Waals surface area contributed by atoms with Crippen LogP contribution in [0.3, 0.4) is 0 Å². The molecule has 70 heavy (non-hydrogen) atoms. The van der Waals surface area contributed by atoms with Crippen molar-refractivity contribution in [2.45, 2.75) is 0 Å². The fourth-order valence-corrected chi connectivity index (χ4v) is 11.5. The molecule has 14 rings (SSSR count). The van der Waals surface area contributed by atoms with Crippen LogP contribution in [0, 0.1) is 0 Å². The van der Waals surface area contributed by atoms with Gasteiger partial charge in [-0.15, -0.1) is 0 Å². The summed E-state index contributed by atoms with van der Waals surface area (Å²) >= 11 is 0. The van der Waals surface area contributed by atoms with Crippen molar-refractivity contribution in [2.24, 2.45) is 0 Å². The number of para-hydroxylation sites is 4. The molecule has 2 heteroatoms. The predicted molar refractivity (Wildman–Crippen MR) is 297 cm³/mol. The van der Waals surface area contributed by atoms with E-state index in [1.807, 2.05) is 0 Å².